The zero-order valence-corrected chi connectivity index (χ0v) is 13.8. The molecule has 2 atom stereocenters. The number of hydrogen-bond acceptors (Lipinski definition) is 3. The molecule has 0 unspecified atom stereocenters. The lowest BCUT2D eigenvalue weighted by Gasteiger charge is -2.31. The Morgan fingerprint density at radius 2 is 2.09 bits per heavy atom. The van der Waals surface area contributed by atoms with E-state index in [-0.39, 0.29) is 11.9 Å². The van der Waals surface area contributed by atoms with Crippen LogP contribution in [-0.2, 0) is 0 Å². The first-order chi connectivity index (χ1) is 11.2. The highest BCUT2D eigenvalue weighted by molar-refractivity contribution is 5.92. The molecule has 4 nitrogen and oxygen atoms in total. The summed E-state index contributed by atoms with van der Waals surface area (Å²) in [5.74, 6) is 1.06. The molecule has 0 saturated carbocycles. The molecule has 2 aromatic rings. The molecule has 4 heteroatoms. The highest BCUT2D eigenvalue weighted by Gasteiger charge is 2.35. The molecule has 1 fully saturated rings. The molecule has 0 aliphatic carbocycles. The van der Waals surface area contributed by atoms with Gasteiger partial charge in [0.2, 0.25) is 0 Å². The Bertz CT molecular complexity index is 671. The van der Waals surface area contributed by atoms with Crippen LogP contribution < -0.4 is 0 Å². The van der Waals surface area contributed by atoms with Gasteiger partial charge in [-0.25, -0.2) is 9.97 Å². The molecule has 1 aliphatic rings. The lowest BCUT2D eigenvalue weighted by Crippen LogP contribution is -2.39. The van der Waals surface area contributed by atoms with Crippen LogP contribution in [0, 0.1) is 6.92 Å². The fourth-order valence-corrected chi connectivity index (χ4v) is 3.62. The molecule has 1 saturated heterocycles. The normalized spacial score (nSPS) is 18.9. The average Bonchev–Trinajstić information content (AvgIpc) is 3.05. The van der Waals surface area contributed by atoms with Gasteiger partial charge in [-0.3, -0.25) is 4.79 Å². The van der Waals surface area contributed by atoms with E-state index < -0.39 is 0 Å². The number of carbonyl (C=O) groups is 1. The van der Waals surface area contributed by atoms with Crippen molar-refractivity contribution in [2.45, 2.75) is 45.1 Å². The summed E-state index contributed by atoms with van der Waals surface area (Å²) in [6.45, 7) is 4.83. The summed E-state index contributed by atoms with van der Waals surface area (Å²) in [4.78, 5) is 23.3. The molecule has 1 aromatic heterocycles. The predicted octanol–water partition coefficient (Wildman–Crippen LogP) is 3.58. The van der Waals surface area contributed by atoms with Gasteiger partial charge in [-0.05, 0) is 37.8 Å². The maximum atomic E-state index is 12.9. The van der Waals surface area contributed by atoms with Crippen molar-refractivity contribution in [2.24, 2.45) is 0 Å². The SMILES string of the molecule is CC[C@H](c1ccccc1)[C@H]1CCCN1C(=O)c1ccnc(C)n1. The minimum Gasteiger partial charge on any atom is -0.334 e. The summed E-state index contributed by atoms with van der Waals surface area (Å²) in [6.07, 6.45) is 4.81. The lowest BCUT2D eigenvalue weighted by molar-refractivity contribution is 0.0708. The van der Waals surface area contributed by atoms with Crippen LogP contribution in [0.15, 0.2) is 42.6 Å². The predicted molar refractivity (Wildman–Crippen MR) is 90.3 cm³/mol. The number of aromatic nitrogens is 2. The largest absolute Gasteiger partial charge is 0.334 e. The Kier molecular flexibility index (Phi) is 4.70. The fraction of sp³-hybridized carbons (Fsp3) is 0.421. The summed E-state index contributed by atoms with van der Waals surface area (Å²) < 4.78 is 0. The number of likely N-dealkylation sites (tertiary alicyclic amines) is 1. The van der Waals surface area contributed by atoms with Crippen LogP contribution >= 0.6 is 0 Å². The summed E-state index contributed by atoms with van der Waals surface area (Å²) in [6, 6.07) is 12.5. The van der Waals surface area contributed by atoms with E-state index in [0.29, 0.717) is 17.4 Å². The van der Waals surface area contributed by atoms with Gasteiger partial charge in [-0.2, -0.15) is 0 Å². The van der Waals surface area contributed by atoms with Crippen LogP contribution in [0.3, 0.4) is 0 Å². The summed E-state index contributed by atoms with van der Waals surface area (Å²) in [5, 5.41) is 0. The van der Waals surface area contributed by atoms with Crippen molar-refractivity contribution in [3.63, 3.8) is 0 Å². The van der Waals surface area contributed by atoms with Gasteiger partial charge in [0.1, 0.15) is 11.5 Å². The van der Waals surface area contributed by atoms with Gasteiger partial charge in [-0.15, -0.1) is 0 Å². The monoisotopic (exact) mass is 309 g/mol. The Morgan fingerprint density at radius 1 is 1.30 bits per heavy atom. The van der Waals surface area contributed by atoms with E-state index in [9.17, 15) is 4.79 Å². The quantitative estimate of drug-likeness (QED) is 0.867. The van der Waals surface area contributed by atoms with E-state index >= 15 is 0 Å². The molecular weight excluding hydrogens is 286 g/mol. The Labute approximate surface area is 137 Å². The zero-order chi connectivity index (χ0) is 16.2. The molecule has 23 heavy (non-hydrogen) atoms. The van der Waals surface area contributed by atoms with Crippen LogP contribution in [0.1, 0.15) is 54.0 Å². The second-order valence-corrected chi connectivity index (χ2v) is 6.12. The third kappa shape index (κ3) is 3.26. The summed E-state index contributed by atoms with van der Waals surface area (Å²) in [7, 11) is 0. The maximum Gasteiger partial charge on any atom is 0.272 e. The van der Waals surface area contributed by atoms with Crippen LogP contribution in [0.5, 0.6) is 0 Å². The first kappa shape index (κ1) is 15.7. The Balaban J connectivity index is 1.86. The topological polar surface area (TPSA) is 46.1 Å². The van der Waals surface area contributed by atoms with Crippen molar-refractivity contribution in [3.8, 4) is 0 Å². The minimum atomic E-state index is 0.0346. The highest BCUT2D eigenvalue weighted by Crippen LogP contribution is 2.34. The first-order valence-electron chi connectivity index (χ1n) is 8.36. The van der Waals surface area contributed by atoms with Gasteiger partial charge >= 0.3 is 0 Å². The number of nitrogens with zero attached hydrogens (tertiary/aromatic N) is 3. The van der Waals surface area contributed by atoms with Crippen molar-refractivity contribution in [2.75, 3.05) is 6.54 Å². The third-order valence-corrected chi connectivity index (χ3v) is 4.69. The Hall–Kier alpha value is -2.23. The van der Waals surface area contributed by atoms with E-state index in [4.69, 9.17) is 0 Å². The van der Waals surface area contributed by atoms with E-state index in [2.05, 4.69) is 41.2 Å². The standard InChI is InChI=1S/C19H23N3O/c1-3-16(15-8-5-4-6-9-15)18-10-7-13-22(18)19(23)17-11-12-20-14(2)21-17/h4-6,8-9,11-12,16,18H,3,7,10,13H2,1-2H3/t16-,18-/m1/s1. The molecule has 1 aliphatic heterocycles. The number of hydrogen-bond donors (Lipinski definition) is 0. The second kappa shape index (κ2) is 6.90. The number of carbonyl (C=O) groups excluding carboxylic acids is 1. The maximum absolute atomic E-state index is 12.9. The van der Waals surface area contributed by atoms with E-state index in [1.54, 1.807) is 12.3 Å². The van der Waals surface area contributed by atoms with Gasteiger partial charge in [-0.1, -0.05) is 37.3 Å². The molecule has 0 radical (unpaired) electrons. The van der Waals surface area contributed by atoms with Crippen molar-refractivity contribution in [3.05, 3.63) is 59.7 Å². The molecular formula is C19H23N3O. The van der Waals surface area contributed by atoms with Gasteiger partial charge in [0, 0.05) is 24.7 Å². The molecule has 3 rings (SSSR count). The lowest BCUT2D eigenvalue weighted by atomic mass is 9.87. The van der Waals surface area contributed by atoms with Gasteiger partial charge < -0.3 is 4.90 Å². The van der Waals surface area contributed by atoms with Gasteiger partial charge in [0.05, 0.1) is 0 Å². The van der Waals surface area contributed by atoms with Crippen LogP contribution in [0.2, 0.25) is 0 Å². The molecule has 0 bridgehead atoms. The van der Waals surface area contributed by atoms with Crippen molar-refractivity contribution >= 4 is 5.91 Å². The smallest absolute Gasteiger partial charge is 0.272 e. The molecule has 0 spiro atoms. The molecule has 1 aromatic carbocycles. The number of rotatable bonds is 4. The van der Waals surface area contributed by atoms with E-state index in [0.717, 1.165) is 25.8 Å². The van der Waals surface area contributed by atoms with Crippen LogP contribution in [0.25, 0.3) is 0 Å². The zero-order valence-electron chi connectivity index (χ0n) is 13.8. The van der Waals surface area contributed by atoms with Crippen molar-refractivity contribution in [1.29, 1.82) is 0 Å². The van der Waals surface area contributed by atoms with Crippen molar-refractivity contribution in [1.82, 2.24) is 14.9 Å². The average molecular weight is 309 g/mol. The summed E-state index contributed by atoms with van der Waals surface area (Å²) >= 11 is 0. The number of aryl methyl sites for hydroxylation is 1. The van der Waals surface area contributed by atoms with Crippen molar-refractivity contribution < 1.29 is 4.79 Å². The molecule has 120 valence electrons. The Morgan fingerprint density at radius 3 is 2.78 bits per heavy atom. The van der Waals surface area contributed by atoms with Gasteiger partial charge in [0.25, 0.3) is 5.91 Å². The molecule has 2 heterocycles. The molecule has 0 N–H and O–H groups in total. The highest BCUT2D eigenvalue weighted by atomic mass is 16.2. The van der Waals surface area contributed by atoms with Crippen LogP contribution in [0.4, 0.5) is 0 Å². The molecule has 1 amide bonds. The van der Waals surface area contributed by atoms with E-state index in [1.165, 1.54) is 5.56 Å². The first-order valence-corrected chi connectivity index (χ1v) is 8.36. The number of amides is 1. The number of benzene rings is 1. The second-order valence-electron chi connectivity index (χ2n) is 6.12. The third-order valence-electron chi connectivity index (χ3n) is 4.69. The minimum absolute atomic E-state index is 0.0346. The van der Waals surface area contributed by atoms with E-state index in [1.807, 2.05) is 17.9 Å². The summed E-state index contributed by atoms with van der Waals surface area (Å²) in [5.41, 5.74) is 1.82. The van der Waals surface area contributed by atoms with Gasteiger partial charge in [0.15, 0.2) is 0 Å². The fourth-order valence-electron chi connectivity index (χ4n) is 3.62. The van der Waals surface area contributed by atoms with Crippen LogP contribution in [-0.4, -0.2) is 33.4 Å².